The molecule has 0 radical (unpaired) electrons. The molecule has 35 heavy (non-hydrogen) atoms. The lowest BCUT2D eigenvalue weighted by molar-refractivity contribution is 0.0645. The quantitative estimate of drug-likeness (QED) is 0.493. The molecule has 4 rings (SSSR count). The molecule has 3 heterocycles. The first-order valence-corrected chi connectivity index (χ1v) is 11.1. The van der Waals surface area contributed by atoms with Gasteiger partial charge in [0, 0.05) is 31.8 Å². The minimum atomic E-state index is -0.417. The Kier molecular flexibility index (Phi) is 7.46. The first-order chi connectivity index (χ1) is 16.9. The van der Waals surface area contributed by atoms with Crippen molar-refractivity contribution in [2.45, 2.75) is 26.4 Å². The molecule has 1 fully saturated rings. The largest absolute Gasteiger partial charge is 0.488 e. The summed E-state index contributed by atoms with van der Waals surface area (Å²) in [6.07, 6.45) is 6.51. The van der Waals surface area contributed by atoms with Gasteiger partial charge in [0.25, 0.3) is 11.8 Å². The third-order valence-corrected chi connectivity index (χ3v) is 5.12. The fraction of sp³-hybridized carbons (Fsp3) is 0.333. The van der Waals surface area contributed by atoms with Crippen LogP contribution in [0.2, 0.25) is 0 Å². The smallest absolute Gasteiger partial charge is 0.274 e. The Bertz CT molecular complexity index is 1180. The summed E-state index contributed by atoms with van der Waals surface area (Å²) in [5.74, 6) is 0.627. The van der Waals surface area contributed by atoms with E-state index in [0.29, 0.717) is 23.9 Å². The molecule has 1 aliphatic heterocycles. The molecule has 11 heteroatoms. The second kappa shape index (κ2) is 10.9. The van der Waals surface area contributed by atoms with E-state index in [1.165, 1.54) is 18.6 Å². The molecule has 0 bridgehead atoms. The molecule has 0 aliphatic carbocycles. The van der Waals surface area contributed by atoms with Crippen LogP contribution in [0.15, 0.2) is 43.0 Å². The van der Waals surface area contributed by atoms with Crippen molar-refractivity contribution in [3.8, 4) is 17.4 Å². The Labute approximate surface area is 202 Å². The number of carbonyl (C=O) groups is 2. The summed E-state index contributed by atoms with van der Waals surface area (Å²) in [5, 5.41) is 2.71. The predicted octanol–water partition coefficient (Wildman–Crippen LogP) is 2.88. The van der Waals surface area contributed by atoms with Gasteiger partial charge in [0.2, 0.25) is 5.88 Å². The Morgan fingerprint density at radius 1 is 1.03 bits per heavy atom. The lowest BCUT2D eigenvalue weighted by Crippen LogP contribution is -2.42. The highest BCUT2D eigenvalue weighted by Crippen LogP contribution is 2.28. The molecule has 1 N–H and O–H groups in total. The van der Waals surface area contributed by atoms with Gasteiger partial charge in [-0.15, -0.1) is 0 Å². The van der Waals surface area contributed by atoms with E-state index in [-0.39, 0.29) is 29.1 Å². The zero-order valence-electron chi connectivity index (χ0n) is 19.7. The van der Waals surface area contributed by atoms with Crippen LogP contribution in [0.25, 0.3) is 0 Å². The SMILES string of the molecule is COC[C@H](C)Oc1cc(Oc2cnc(C(=O)N3CCC3)cn2)cc(C(=O)Nc2cnc(C)cn2)c1. The molecule has 3 aromatic rings. The van der Waals surface area contributed by atoms with E-state index in [0.717, 1.165) is 25.2 Å². The van der Waals surface area contributed by atoms with Crippen molar-refractivity contribution in [2.24, 2.45) is 0 Å². The summed E-state index contributed by atoms with van der Waals surface area (Å²) < 4.78 is 16.8. The van der Waals surface area contributed by atoms with E-state index < -0.39 is 5.91 Å². The third kappa shape index (κ3) is 6.27. The monoisotopic (exact) mass is 478 g/mol. The predicted molar refractivity (Wildman–Crippen MR) is 126 cm³/mol. The molecule has 2 aromatic heterocycles. The van der Waals surface area contributed by atoms with Crippen LogP contribution in [0.4, 0.5) is 5.82 Å². The van der Waals surface area contributed by atoms with Gasteiger partial charge in [-0.25, -0.2) is 15.0 Å². The van der Waals surface area contributed by atoms with Crippen molar-refractivity contribution in [1.82, 2.24) is 24.8 Å². The van der Waals surface area contributed by atoms with Crippen LogP contribution in [0.5, 0.6) is 17.4 Å². The van der Waals surface area contributed by atoms with Crippen LogP contribution in [0.3, 0.4) is 0 Å². The number of hydrogen-bond donors (Lipinski definition) is 1. The Balaban J connectivity index is 1.54. The van der Waals surface area contributed by atoms with Gasteiger partial charge in [-0.05, 0) is 32.4 Å². The van der Waals surface area contributed by atoms with Crippen LogP contribution in [0, 0.1) is 6.92 Å². The molecule has 1 saturated heterocycles. The number of methoxy groups -OCH3 is 1. The van der Waals surface area contributed by atoms with Crippen molar-refractivity contribution in [3.05, 3.63) is 59.9 Å². The van der Waals surface area contributed by atoms with Crippen LogP contribution in [-0.4, -0.2) is 69.6 Å². The number of benzene rings is 1. The molecule has 2 amide bonds. The van der Waals surface area contributed by atoms with Crippen molar-refractivity contribution in [1.29, 1.82) is 0 Å². The minimum Gasteiger partial charge on any atom is -0.488 e. The highest BCUT2D eigenvalue weighted by molar-refractivity contribution is 6.04. The third-order valence-electron chi connectivity index (χ3n) is 5.12. The number of rotatable bonds is 9. The standard InChI is InChI=1S/C24H26N6O5/c1-15-10-27-21(12-25-15)29-23(31)17-7-18(34-16(2)14-33-3)9-19(8-17)35-22-13-26-20(11-28-22)24(32)30-5-4-6-30/h7-13,16H,4-6,14H2,1-3H3,(H,27,29,31)/t16-/m0/s1. The van der Waals surface area contributed by atoms with Crippen LogP contribution in [0.1, 0.15) is 39.9 Å². The van der Waals surface area contributed by atoms with Gasteiger partial charge in [-0.3, -0.25) is 14.6 Å². The van der Waals surface area contributed by atoms with Gasteiger partial charge in [0.1, 0.15) is 23.3 Å². The molecule has 1 aromatic carbocycles. The molecular weight excluding hydrogens is 452 g/mol. The van der Waals surface area contributed by atoms with Crippen LogP contribution >= 0.6 is 0 Å². The minimum absolute atomic E-state index is 0.156. The highest BCUT2D eigenvalue weighted by Gasteiger charge is 2.23. The Morgan fingerprint density at radius 2 is 1.83 bits per heavy atom. The Hall–Kier alpha value is -4.12. The normalized spacial score (nSPS) is 13.5. The van der Waals surface area contributed by atoms with Gasteiger partial charge >= 0.3 is 0 Å². The fourth-order valence-electron chi connectivity index (χ4n) is 3.26. The number of aryl methyl sites for hydroxylation is 1. The second-order valence-electron chi connectivity index (χ2n) is 8.06. The average Bonchev–Trinajstić information content (AvgIpc) is 2.80. The number of aromatic nitrogens is 4. The lowest BCUT2D eigenvalue weighted by Gasteiger charge is -2.30. The van der Waals surface area contributed by atoms with Crippen LogP contribution in [-0.2, 0) is 4.74 Å². The molecule has 0 unspecified atom stereocenters. The van der Waals surface area contributed by atoms with Gasteiger partial charge in [0.05, 0.1) is 37.1 Å². The molecular formula is C24H26N6O5. The number of nitrogens with zero attached hydrogens (tertiary/aromatic N) is 5. The van der Waals surface area contributed by atoms with Crippen LogP contribution < -0.4 is 14.8 Å². The van der Waals surface area contributed by atoms with E-state index in [1.54, 1.807) is 43.3 Å². The van der Waals surface area contributed by atoms with Gasteiger partial charge in [-0.2, -0.15) is 0 Å². The summed E-state index contributed by atoms with van der Waals surface area (Å²) in [4.78, 5) is 43.5. The number of ether oxygens (including phenoxy) is 3. The van der Waals surface area contributed by atoms with Crippen molar-refractivity contribution >= 4 is 17.6 Å². The molecule has 11 nitrogen and oxygen atoms in total. The number of carbonyl (C=O) groups excluding carboxylic acids is 2. The summed E-state index contributed by atoms with van der Waals surface area (Å²) in [6.45, 7) is 5.47. The number of anilines is 1. The highest BCUT2D eigenvalue weighted by atomic mass is 16.5. The van der Waals surface area contributed by atoms with E-state index in [9.17, 15) is 9.59 Å². The summed E-state index contributed by atoms with van der Waals surface area (Å²) in [6, 6.07) is 4.78. The van der Waals surface area contributed by atoms with Crippen molar-refractivity contribution in [3.63, 3.8) is 0 Å². The number of hydrogen-bond acceptors (Lipinski definition) is 9. The topological polar surface area (TPSA) is 129 Å². The molecule has 0 saturated carbocycles. The van der Waals surface area contributed by atoms with E-state index in [4.69, 9.17) is 14.2 Å². The lowest BCUT2D eigenvalue weighted by atomic mass is 10.2. The van der Waals surface area contributed by atoms with E-state index >= 15 is 0 Å². The average molecular weight is 479 g/mol. The summed E-state index contributed by atoms with van der Waals surface area (Å²) >= 11 is 0. The number of likely N-dealkylation sites (tertiary alicyclic amines) is 1. The summed E-state index contributed by atoms with van der Waals surface area (Å²) in [7, 11) is 1.58. The van der Waals surface area contributed by atoms with Gasteiger partial charge in [-0.1, -0.05) is 0 Å². The maximum absolute atomic E-state index is 12.9. The number of nitrogens with one attached hydrogen (secondary N) is 1. The number of amides is 2. The molecule has 1 aliphatic rings. The van der Waals surface area contributed by atoms with E-state index in [2.05, 4.69) is 25.3 Å². The molecule has 1 atom stereocenters. The summed E-state index contributed by atoms with van der Waals surface area (Å²) in [5.41, 5.74) is 1.27. The van der Waals surface area contributed by atoms with Crippen molar-refractivity contribution in [2.75, 3.05) is 32.1 Å². The zero-order valence-corrected chi connectivity index (χ0v) is 19.7. The first-order valence-electron chi connectivity index (χ1n) is 11.1. The van der Waals surface area contributed by atoms with E-state index in [1.807, 2.05) is 6.92 Å². The molecule has 0 spiro atoms. The Morgan fingerprint density at radius 3 is 2.46 bits per heavy atom. The first kappa shape index (κ1) is 24.0. The maximum atomic E-state index is 12.9. The zero-order chi connectivity index (χ0) is 24.8. The van der Waals surface area contributed by atoms with Gasteiger partial charge < -0.3 is 24.4 Å². The van der Waals surface area contributed by atoms with Gasteiger partial charge in [0.15, 0.2) is 5.82 Å². The fourth-order valence-corrected chi connectivity index (χ4v) is 3.26. The molecule has 182 valence electrons. The maximum Gasteiger partial charge on any atom is 0.274 e. The second-order valence-corrected chi connectivity index (χ2v) is 8.06. The van der Waals surface area contributed by atoms with Crippen molar-refractivity contribution < 1.29 is 23.8 Å².